The van der Waals surface area contributed by atoms with Crippen molar-refractivity contribution >= 4 is 23.1 Å². The van der Waals surface area contributed by atoms with Crippen LogP contribution in [-0.2, 0) is 13.1 Å². The Labute approximate surface area is 128 Å². The molecule has 0 saturated heterocycles. The predicted molar refractivity (Wildman–Crippen MR) is 87.9 cm³/mol. The Morgan fingerprint density at radius 2 is 2.00 bits per heavy atom. The molecular weight excluding hydrogens is 288 g/mol. The molecule has 0 saturated carbocycles. The summed E-state index contributed by atoms with van der Waals surface area (Å²) in [6.45, 7) is 4.53. The van der Waals surface area contributed by atoms with Gasteiger partial charge in [0.1, 0.15) is 0 Å². The third-order valence-corrected chi connectivity index (χ3v) is 4.92. The molecule has 2 rings (SSSR count). The molecule has 2 aromatic rings. The Hall–Kier alpha value is -1.04. The van der Waals surface area contributed by atoms with Gasteiger partial charge in [-0.1, -0.05) is 23.5 Å². The molecule has 0 aliphatic heterocycles. The molecule has 0 spiro atoms. The minimum absolute atomic E-state index is 0.139. The SMILES string of the molecule is CSc1ccc(CN(C)CCn2c(C)csc2=O)cc1. The molecule has 20 heavy (non-hydrogen) atoms. The molecule has 1 aromatic heterocycles. The van der Waals surface area contributed by atoms with Crippen LogP contribution in [0.25, 0.3) is 0 Å². The van der Waals surface area contributed by atoms with Gasteiger partial charge in [0.25, 0.3) is 0 Å². The van der Waals surface area contributed by atoms with Crippen molar-refractivity contribution in [2.75, 3.05) is 19.8 Å². The maximum Gasteiger partial charge on any atom is 0.307 e. The smallest absolute Gasteiger partial charge is 0.302 e. The van der Waals surface area contributed by atoms with E-state index in [1.165, 1.54) is 21.8 Å². The summed E-state index contributed by atoms with van der Waals surface area (Å²) in [4.78, 5) is 15.3. The van der Waals surface area contributed by atoms with E-state index in [0.29, 0.717) is 0 Å². The van der Waals surface area contributed by atoms with E-state index in [1.807, 2.05) is 16.9 Å². The van der Waals surface area contributed by atoms with Crippen LogP contribution in [0.15, 0.2) is 39.3 Å². The largest absolute Gasteiger partial charge is 0.307 e. The standard InChI is InChI=1S/C15H20N2OS2/c1-12-11-20-15(18)17(12)9-8-16(2)10-13-4-6-14(19-3)7-5-13/h4-7,11H,8-10H2,1-3H3. The third-order valence-electron chi connectivity index (χ3n) is 3.29. The van der Waals surface area contributed by atoms with E-state index >= 15 is 0 Å². The Kier molecular flexibility index (Phi) is 5.46. The molecule has 0 amide bonds. The minimum Gasteiger partial charge on any atom is -0.302 e. The number of thioether (sulfide) groups is 1. The third kappa shape index (κ3) is 3.98. The average Bonchev–Trinajstić information content (AvgIpc) is 2.77. The zero-order valence-electron chi connectivity index (χ0n) is 12.1. The summed E-state index contributed by atoms with van der Waals surface area (Å²) >= 11 is 3.03. The van der Waals surface area contributed by atoms with Gasteiger partial charge in [0.15, 0.2) is 0 Å². The van der Waals surface area contributed by atoms with Gasteiger partial charge in [-0.15, -0.1) is 11.8 Å². The number of nitrogens with zero attached hydrogens (tertiary/aromatic N) is 2. The number of aromatic nitrogens is 1. The number of hydrogen-bond acceptors (Lipinski definition) is 4. The van der Waals surface area contributed by atoms with Crippen molar-refractivity contribution in [2.45, 2.75) is 24.9 Å². The van der Waals surface area contributed by atoms with Crippen LogP contribution in [0.1, 0.15) is 11.3 Å². The quantitative estimate of drug-likeness (QED) is 0.767. The molecular formula is C15H20N2OS2. The topological polar surface area (TPSA) is 25.2 Å². The van der Waals surface area contributed by atoms with Gasteiger partial charge in [-0.25, -0.2) is 0 Å². The van der Waals surface area contributed by atoms with Crippen LogP contribution in [-0.4, -0.2) is 29.3 Å². The maximum absolute atomic E-state index is 11.6. The number of thiazole rings is 1. The highest BCUT2D eigenvalue weighted by Gasteiger charge is 2.05. The number of benzene rings is 1. The molecule has 0 radical (unpaired) electrons. The fraction of sp³-hybridized carbons (Fsp3) is 0.400. The fourth-order valence-electron chi connectivity index (χ4n) is 2.07. The van der Waals surface area contributed by atoms with Crippen molar-refractivity contribution in [1.29, 1.82) is 0 Å². The predicted octanol–water partition coefficient (Wildman–Crippen LogP) is 3.07. The Morgan fingerprint density at radius 1 is 1.30 bits per heavy atom. The first-order valence-corrected chi connectivity index (χ1v) is 8.67. The highest BCUT2D eigenvalue weighted by molar-refractivity contribution is 7.98. The maximum atomic E-state index is 11.6. The molecule has 108 valence electrons. The van der Waals surface area contributed by atoms with Gasteiger partial charge < -0.3 is 9.47 Å². The van der Waals surface area contributed by atoms with Gasteiger partial charge in [-0.05, 0) is 37.9 Å². The number of likely N-dealkylation sites (N-methyl/N-ethyl adjacent to an activating group) is 1. The molecule has 3 nitrogen and oxygen atoms in total. The van der Waals surface area contributed by atoms with Gasteiger partial charge >= 0.3 is 4.87 Å². The number of rotatable bonds is 6. The molecule has 0 fully saturated rings. The van der Waals surface area contributed by atoms with Crippen LogP contribution in [0.5, 0.6) is 0 Å². The Balaban J connectivity index is 1.89. The van der Waals surface area contributed by atoms with E-state index in [4.69, 9.17) is 0 Å². The normalized spacial score (nSPS) is 11.2. The lowest BCUT2D eigenvalue weighted by molar-refractivity contribution is 0.309. The monoisotopic (exact) mass is 308 g/mol. The second kappa shape index (κ2) is 7.11. The Morgan fingerprint density at radius 3 is 2.55 bits per heavy atom. The van der Waals surface area contributed by atoms with Gasteiger partial charge in [0.05, 0.1) is 0 Å². The zero-order chi connectivity index (χ0) is 14.5. The first kappa shape index (κ1) is 15.4. The molecule has 0 aliphatic rings. The van der Waals surface area contributed by atoms with E-state index < -0.39 is 0 Å². The fourth-order valence-corrected chi connectivity index (χ4v) is 3.24. The highest BCUT2D eigenvalue weighted by Crippen LogP contribution is 2.15. The van der Waals surface area contributed by atoms with E-state index in [9.17, 15) is 4.79 Å². The van der Waals surface area contributed by atoms with E-state index in [1.54, 1.807) is 11.8 Å². The van der Waals surface area contributed by atoms with Crippen LogP contribution in [0, 0.1) is 6.92 Å². The van der Waals surface area contributed by atoms with Crippen molar-refractivity contribution in [1.82, 2.24) is 9.47 Å². The lowest BCUT2D eigenvalue weighted by Gasteiger charge is -2.17. The minimum atomic E-state index is 0.139. The van der Waals surface area contributed by atoms with Crippen molar-refractivity contribution in [3.8, 4) is 0 Å². The first-order valence-electron chi connectivity index (χ1n) is 6.56. The van der Waals surface area contributed by atoms with Crippen LogP contribution in [0.4, 0.5) is 0 Å². The number of aryl methyl sites for hydroxylation is 1. The van der Waals surface area contributed by atoms with Gasteiger partial charge in [0.2, 0.25) is 0 Å². The summed E-state index contributed by atoms with van der Waals surface area (Å²) in [7, 11) is 2.09. The lowest BCUT2D eigenvalue weighted by Crippen LogP contribution is -2.26. The van der Waals surface area contributed by atoms with E-state index in [0.717, 1.165) is 25.3 Å². The summed E-state index contributed by atoms with van der Waals surface area (Å²) in [5.74, 6) is 0. The highest BCUT2D eigenvalue weighted by atomic mass is 32.2. The van der Waals surface area contributed by atoms with Crippen molar-refractivity contribution in [3.05, 3.63) is 50.6 Å². The van der Waals surface area contributed by atoms with Crippen LogP contribution >= 0.6 is 23.1 Å². The first-order chi connectivity index (χ1) is 9.60. The van der Waals surface area contributed by atoms with Crippen molar-refractivity contribution < 1.29 is 0 Å². The van der Waals surface area contributed by atoms with Crippen LogP contribution < -0.4 is 4.87 Å². The molecule has 0 atom stereocenters. The molecule has 0 aliphatic carbocycles. The zero-order valence-corrected chi connectivity index (χ0v) is 13.8. The molecule has 0 N–H and O–H groups in total. The second-order valence-corrected chi connectivity index (χ2v) is 6.58. The summed E-state index contributed by atoms with van der Waals surface area (Å²) in [6, 6.07) is 8.65. The molecule has 1 aromatic carbocycles. The van der Waals surface area contributed by atoms with Gasteiger partial charge in [-0.3, -0.25) is 4.79 Å². The summed E-state index contributed by atoms with van der Waals surface area (Å²) in [6.07, 6.45) is 2.09. The summed E-state index contributed by atoms with van der Waals surface area (Å²) in [5, 5.41) is 1.92. The molecule has 0 bridgehead atoms. The lowest BCUT2D eigenvalue weighted by atomic mass is 10.2. The number of hydrogen-bond donors (Lipinski definition) is 0. The second-order valence-electron chi connectivity index (χ2n) is 4.88. The summed E-state index contributed by atoms with van der Waals surface area (Å²) < 4.78 is 1.85. The van der Waals surface area contributed by atoms with Gasteiger partial charge in [-0.2, -0.15) is 0 Å². The average molecular weight is 308 g/mol. The molecule has 0 unspecified atom stereocenters. The Bertz CT molecular complexity index is 601. The molecule has 5 heteroatoms. The summed E-state index contributed by atoms with van der Waals surface area (Å²) in [5.41, 5.74) is 2.36. The van der Waals surface area contributed by atoms with Gasteiger partial charge in [0, 0.05) is 35.6 Å². The van der Waals surface area contributed by atoms with Crippen LogP contribution in [0.2, 0.25) is 0 Å². The van der Waals surface area contributed by atoms with E-state index in [-0.39, 0.29) is 4.87 Å². The van der Waals surface area contributed by atoms with E-state index in [2.05, 4.69) is 42.5 Å². The van der Waals surface area contributed by atoms with Crippen molar-refractivity contribution in [2.24, 2.45) is 0 Å². The van der Waals surface area contributed by atoms with Crippen LogP contribution in [0.3, 0.4) is 0 Å². The molecule has 1 heterocycles. The van der Waals surface area contributed by atoms with Crippen molar-refractivity contribution in [3.63, 3.8) is 0 Å².